The number of esters is 1. The fourth-order valence-electron chi connectivity index (χ4n) is 2.02. The van der Waals surface area contributed by atoms with Crippen LogP contribution in [0.5, 0.6) is 0 Å². The molecule has 22 heavy (non-hydrogen) atoms. The van der Waals surface area contributed by atoms with E-state index in [0.717, 1.165) is 0 Å². The predicted molar refractivity (Wildman–Crippen MR) is 71.9 cm³/mol. The summed E-state index contributed by atoms with van der Waals surface area (Å²) in [6, 6.07) is 0. The molecule has 1 aliphatic rings. The number of alkyl halides is 3. The Morgan fingerprint density at radius 1 is 1.27 bits per heavy atom. The van der Waals surface area contributed by atoms with Crippen LogP contribution < -0.4 is 0 Å². The van der Waals surface area contributed by atoms with Crippen LogP contribution in [0.4, 0.5) is 13.2 Å². The molecule has 9 heteroatoms. The summed E-state index contributed by atoms with van der Waals surface area (Å²) >= 11 is 0. The van der Waals surface area contributed by atoms with Crippen molar-refractivity contribution in [1.82, 2.24) is 0 Å². The van der Waals surface area contributed by atoms with Gasteiger partial charge in [0, 0.05) is 6.42 Å². The molecule has 0 aliphatic heterocycles. The van der Waals surface area contributed by atoms with Crippen LogP contribution in [0, 0.1) is 11.8 Å². The smallest absolute Gasteiger partial charge is 0.460 e. The molecule has 1 rings (SSSR count). The first kappa shape index (κ1) is 18.8. The molecule has 0 aromatic heterocycles. The van der Waals surface area contributed by atoms with Crippen LogP contribution in [0.25, 0.3) is 0 Å². The molecule has 0 heterocycles. The maximum absolute atomic E-state index is 12.3. The highest BCUT2D eigenvalue weighted by Gasteiger charge is 2.49. The molecule has 2 atom stereocenters. The van der Waals surface area contributed by atoms with Crippen LogP contribution >= 0.6 is 0 Å². The Balaban J connectivity index is 2.80. The first-order chi connectivity index (χ1) is 9.73. The minimum absolute atomic E-state index is 0.0798. The van der Waals surface area contributed by atoms with Gasteiger partial charge >= 0.3 is 21.6 Å². The number of carbonyl (C=O) groups is 1. The van der Waals surface area contributed by atoms with Crippen molar-refractivity contribution < 1.29 is 35.3 Å². The van der Waals surface area contributed by atoms with Gasteiger partial charge in [-0.25, -0.2) is 0 Å². The summed E-state index contributed by atoms with van der Waals surface area (Å²) in [5.74, 6) is -1.79. The van der Waals surface area contributed by atoms with Crippen molar-refractivity contribution in [2.45, 2.75) is 51.6 Å². The molecule has 0 radical (unpaired) electrons. The van der Waals surface area contributed by atoms with E-state index in [1.807, 2.05) is 0 Å². The van der Waals surface area contributed by atoms with Crippen LogP contribution in [-0.2, 0) is 23.8 Å². The third-order valence-electron chi connectivity index (χ3n) is 2.99. The maximum atomic E-state index is 12.3. The van der Waals surface area contributed by atoms with E-state index in [4.69, 9.17) is 4.74 Å². The summed E-state index contributed by atoms with van der Waals surface area (Å²) < 4.78 is 68.0. The SMILES string of the molecule is C[C@H]1C=C(OS(=O)(=O)C(F)(F)F)CC[C@H]1C(=O)OC(C)(C)C. The zero-order valence-electron chi connectivity index (χ0n) is 12.7. The van der Waals surface area contributed by atoms with Gasteiger partial charge in [0.25, 0.3) is 0 Å². The Morgan fingerprint density at radius 3 is 2.23 bits per heavy atom. The van der Waals surface area contributed by atoms with Crippen molar-refractivity contribution in [3.63, 3.8) is 0 Å². The summed E-state index contributed by atoms with van der Waals surface area (Å²) in [5.41, 5.74) is -6.14. The molecule has 0 aromatic carbocycles. The average molecular weight is 344 g/mol. The lowest BCUT2D eigenvalue weighted by Gasteiger charge is -2.29. The molecular weight excluding hydrogens is 325 g/mol. The molecule has 0 saturated heterocycles. The molecule has 0 spiro atoms. The maximum Gasteiger partial charge on any atom is 0.534 e. The first-order valence-electron chi connectivity index (χ1n) is 6.67. The van der Waals surface area contributed by atoms with Crippen molar-refractivity contribution in [1.29, 1.82) is 0 Å². The highest BCUT2D eigenvalue weighted by Crippen LogP contribution is 2.34. The number of hydrogen-bond donors (Lipinski definition) is 0. The zero-order valence-corrected chi connectivity index (χ0v) is 13.5. The lowest BCUT2D eigenvalue weighted by Crippen LogP contribution is -2.33. The minimum atomic E-state index is -5.67. The van der Waals surface area contributed by atoms with Crippen LogP contribution in [0.2, 0.25) is 0 Å². The summed E-state index contributed by atoms with van der Waals surface area (Å²) in [7, 11) is -5.67. The molecule has 0 N–H and O–H groups in total. The number of rotatable bonds is 3. The van der Waals surface area contributed by atoms with Crippen molar-refractivity contribution in [3.05, 3.63) is 11.8 Å². The fourth-order valence-corrected chi connectivity index (χ4v) is 2.54. The second-order valence-electron chi connectivity index (χ2n) is 6.15. The fraction of sp³-hybridized carbons (Fsp3) is 0.769. The molecule has 0 unspecified atom stereocenters. The molecular formula is C13H19F3O5S. The van der Waals surface area contributed by atoms with Gasteiger partial charge in [-0.05, 0) is 39.2 Å². The lowest BCUT2D eigenvalue weighted by molar-refractivity contribution is -0.161. The zero-order chi connectivity index (χ0) is 17.3. The van der Waals surface area contributed by atoms with E-state index >= 15 is 0 Å². The number of hydrogen-bond acceptors (Lipinski definition) is 5. The summed E-state index contributed by atoms with van der Waals surface area (Å²) in [5, 5.41) is 0. The third-order valence-corrected chi connectivity index (χ3v) is 4.00. The molecule has 0 bridgehead atoms. The van der Waals surface area contributed by atoms with Crippen LogP contribution in [0.3, 0.4) is 0 Å². The Morgan fingerprint density at radius 2 is 1.82 bits per heavy atom. The van der Waals surface area contributed by atoms with Gasteiger partial charge in [0.15, 0.2) is 0 Å². The standard InChI is InChI=1S/C13H19F3O5S/c1-8-7-9(21-22(18,19)13(14,15)16)5-6-10(8)11(17)20-12(2,3)4/h7-8,10H,5-6H2,1-4H3/t8-,10+/m0/s1. The Hall–Kier alpha value is -1.25. The van der Waals surface area contributed by atoms with Gasteiger partial charge in [0.2, 0.25) is 0 Å². The van der Waals surface area contributed by atoms with E-state index in [1.165, 1.54) is 6.08 Å². The van der Waals surface area contributed by atoms with Gasteiger partial charge in [-0.2, -0.15) is 21.6 Å². The molecule has 5 nitrogen and oxygen atoms in total. The van der Waals surface area contributed by atoms with E-state index in [2.05, 4.69) is 4.18 Å². The predicted octanol–water partition coefficient (Wildman–Crippen LogP) is 3.12. The molecule has 0 aromatic rings. The highest BCUT2D eigenvalue weighted by molar-refractivity contribution is 7.87. The van der Waals surface area contributed by atoms with Crippen molar-refractivity contribution in [2.24, 2.45) is 11.8 Å². The van der Waals surface area contributed by atoms with Crippen LogP contribution in [0.1, 0.15) is 40.5 Å². The number of ether oxygens (including phenoxy) is 1. The number of carbonyl (C=O) groups excluding carboxylic acids is 1. The largest absolute Gasteiger partial charge is 0.534 e. The van der Waals surface area contributed by atoms with Gasteiger partial charge in [-0.1, -0.05) is 6.92 Å². The lowest BCUT2D eigenvalue weighted by atomic mass is 9.84. The molecule has 0 amide bonds. The Bertz CT molecular complexity index is 557. The molecule has 1 aliphatic carbocycles. The van der Waals surface area contributed by atoms with Gasteiger partial charge in [0.1, 0.15) is 11.4 Å². The van der Waals surface area contributed by atoms with Crippen LogP contribution in [-0.4, -0.2) is 25.5 Å². The number of allylic oxidation sites excluding steroid dienone is 2. The average Bonchev–Trinajstić information content (AvgIpc) is 2.23. The van der Waals surface area contributed by atoms with Crippen molar-refractivity contribution >= 4 is 16.1 Å². The Labute approximate surface area is 127 Å². The van der Waals surface area contributed by atoms with Gasteiger partial charge in [-0.15, -0.1) is 0 Å². The summed E-state index contributed by atoms with van der Waals surface area (Å²) in [6.45, 7) is 6.72. The number of halogens is 3. The minimum Gasteiger partial charge on any atom is -0.460 e. The van der Waals surface area contributed by atoms with E-state index in [-0.39, 0.29) is 18.6 Å². The van der Waals surface area contributed by atoms with Crippen molar-refractivity contribution in [2.75, 3.05) is 0 Å². The summed E-state index contributed by atoms with van der Waals surface area (Å²) in [4.78, 5) is 12.0. The van der Waals surface area contributed by atoms with Gasteiger partial charge < -0.3 is 8.92 Å². The highest BCUT2D eigenvalue weighted by atomic mass is 32.2. The second kappa shape index (κ2) is 6.10. The first-order valence-corrected chi connectivity index (χ1v) is 8.08. The quantitative estimate of drug-likeness (QED) is 0.447. The summed E-state index contributed by atoms with van der Waals surface area (Å²) in [6.07, 6.45) is 1.31. The van der Waals surface area contributed by atoms with E-state index in [1.54, 1.807) is 27.7 Å². The third kappa shape index (κ3) is 4.89. The van der Waals surface area contributed by atoms with E-state index < -0.39 is 39.0 Å². The van der Waals surface area contributed by atoms with Crippen LogP contribution in [0.15, 0.2) is 11.8 Å². The van der Waals surface area contributed by atoms with Gasteiger partial charge in [0.05, 0.1) is 5.92 Å². The Kier molecular flexibility index (Phi) is 5.21. The van der Waals surface area contributed by atoms with E-state index in [0.29, 0.717) is 0 Å². The van der Waals surface area contributed by atoms with Gasteiger partial charge in [-0.3, -0.25) is 4.79 Å². The topological polar surface area (TPSA) is 69.7 Å². The second-order valence-corrected chi connectivity index (χ2v) is 7.69. The normalized spacial score (nSPS) is 23.7. The molecule has 128 valence electrons. The van der Waals surface area contributed by atoms with E-state index in [9.17, 15) is 26.4 Å². The van der Waals surface area contributed by atoms with Crippen molar-refractivity contribution in [3.8, 4) is 0 Å². The molecule has 0 fully saturated rings. The molecule has 0 saturated carbocycles. The monoisotopic (exact) mass is 344 g/mol.